The minimum absolute atomic E-state index is 0.117. The zero-order valence-corrected chi connectivity index (χ0v) is 13.7. The van der Waals surface area contributed by atoms with Gasteiger partial charge in [0.2, 0.25) is 5.91 Å². The van der Waals surface area contributed by atoms with Crippen LogP contribution in [0.4, 0.5) is 5.69 Å². The van der Waals surface area contributed by atoms with Crippen LogP contribution in [0.5, 0.6) is 0 Å². The summed E-state index contributed by atoms with van der Waals surface area (Å²) in [6.07, 6.45) is 0. The summed E-state index contributed by atoms with van der Waals surface area (Å²) in [6.45, 7) is 5.51. The van der Waals surface area contributed by atoms with Crippen molar-refractivity contribution in [3.63, 3.8) is 0 Å². The topological polar surface area (TPSA) is 91.9 Å². The number of rotatable bonds is 8. The zero-order chi connectivity index (χ0) is 16.7. The largest absolute Gasteiger partial charge is 0.383 e. The first-order valence-electron chi connectivity index (χ1n) is 7.63. The predicted octanol–water partition coefficient (Wildman–Crippen LogP) is 1.77. The molecule has 0 spiro atoms. The number of amides is 1. The summed E-state index contributed by atoms with van der Waals surface area (Å²) in [4.78, 5) is 16.5. The number of carbonyl (C=O) groups is 1. The SMILES string of the molecule is COCCNCC(=O)Nc1ccccc1-c1n[nH]c(C(C)C)n1. The number of benzene rings is 1. The fourth-order valence-corrected chi connectivity index (χ4v) is 2.01. The average molecular weight is 317 g/mol. The summed E-state index contributed by atoms with van der Waals surface area (Å²) in [5.41, 5.74) is 1.49. The summed E-state index contributed by atoms with van der Waals surface area (Å²) < 4.78 is 4.93. The molecule has 0 unspecified atom stereocenters. The lowest BCUT2D eigenvalue weighted by Crippen LogP contribution is -2.30. The Hall–Kier alpha value is -2.25. The van der Waals surface area contributed by atoms with Crippen molar-refractivity contribution in [2.75, 3.05) is 32.1 Å². The van der Waals surface area contributed by atoms with Crippen LogP contribution in [0.3, 0.4) is 0 Å². The first-order valence-corrected chi connectivity index (χ1v) is 7.63. The quantitative estimate of drug-likeness (QED) is 0.645. The van der Waals surface area contributed by atoms with Crippen LogP contribution in [0, 0.1) is 0 Å². The minimum Gasteiger partial charge on any atom is -0.383 e. The molecule has 2 aromatic rings. The van der Waals surface area contributed by atoms with E-state index in [1.807, 2.05) is 38.1 Å². The molecule has 0 saturated heterocycles. The van der Waals surface area contributed by atoms with Gasteiger partial charge in [0.1, 0.15) is 5.82 Å². The molecule has 2 rings (SSSR count). The second kappa shape index (κ2) is 8.40. The number of H-pyrrole nitrogens is 1. The van der Waals surface area contributed by atoms with Gasteiger partial charge in [-0.2, -0.15) is 5.10 Å². The van der Waals surface area contributed by atoms with Gasteiger partial charge in [-0.25, -0.2) is 4.98 Å². The van der Waals surface area contributed by atoms with Crippen LogP contribution in [-0.2, 0) is 9.53 Å². The van der Waals surface area contributed by atoms with Crippen LogP contribution in [0.1, 0.15) is 25.6 Å². The van der Waals surface area contributed by atoms with Crippen molar-refractivity contribution in [1.82, 2.24) is 20.5 Å². The predicted molar refractivity (Wildman–Crippen MR) is 89.3 cm³/mol. The number of hydrogen-bond donors (Lipinski definition) is 3. The number of nitrogens with one attached hydrogen (secondary N) is 3. The van der Waals surface area contributed by atoms with Crippen molar-refractivity contribution in [2.45, 2.75) is 19.8 Å². The van der Waals surface area contributed by atoms with Crippen molar-refractivity contribution in [3.8, 4) is 11.4 Å². The van der Waals surface area contributed by atoms with E-state index >= 15 is 0 Å². The molecule has 0 aliphatic heterocycles. The Labute approximate surface area is 135 Å². The fraction of sp³-hybridized carbons (Fsp3) is 0.438. The number of aromatic nitrogens is 3. The molecule has 0 atom stereocenters. The molecule has 0 bridgehead atoms. The third-order valence-corrected chi connectivity index (χ3v) is 3.26. The van der Waals surface area contributed by atoms with Crippen molar-refractivity contribution < 1.29 is 9.53 Å². The van der Waals surface area contributed by atoms with E-state index in [0.29, 0.717) is 24.7 Å². The lowest BCUT2D eigenvalue weighted by Gasteiger charge is -2.09. The van der Waals surface area contributed by atoms with Gasteiger partial charge in [-0.15, -0.1) is 0 Å². The van der Waals surface area contributed by atoms with Gasteiger partial charge in [0, 0.05) is 25.1 Å². The molecule has 3 N–H and O–H groups in total. The molecule has 0 fully saturated rings. The van der Waals surface area contributed by atoms with Crippen molar-refractivity contribution >= 4 is 11.6 Å². The molecular formula is C16H23N5O2. The number of aromatic amines is 1. The highest BCUT2D eigenvalue weighted by Gasteiger charge is 2.13. The summed E-state index contributed by atoms with van der Waals surface area (Å²) in [7, 11) is 1.63. The Balaban J connectivity index is 2.06. The van der Waals surface area contributed by atoms with Crippen molar-refractivity contribution in [2.24, 2.45) is 0 Å². The highest BCUT2D eigenvalue weighted by atomic mass is 16.5. The highest BCUT2D eigenvalue weighted by molar-refractivity contribution is 5.95. The van der Waals surface area contributed by atoms with E-state index in [4.69, 9.17) is 4.74 Å². The Kier molecular flexibility index (Phi) is 6.25. The van der Waals surface area contributed by atoms with Gasteiger partial charge in [0.15, 0.2) is 5.82 Å². The van der Waals surface area contributed by atoms with Crippen LogP contribution in [-0.4, -0.2) is 47.9 Å². The van der Waals surface area contributed by atoms with E-state index in [1.54, 1.807) is 7.11 Å². The van der Waals surface area contributed by atoms with E-state index in [-0.39, 0.29) is 18.4 Å². The van der Waals surface area contributed by atoms with E-state index in [2.05, 4.69) is 25.8 Å². The Morgan fingerprint density at radius 1 is 1.35 bits per heavy atom. The zero-order valence-electron chi connectivity index (χ0n) is 13.7. The van der Waals surface area contributed by atoms with E-state index in [0.717, 1.165) is 11.4 Å². The second-order valence-electron chi connectivity index (χ2n) is 5.46. The molecule has 0 aliphatic rings. The maximum absolute atomic E-state index is 12.0. The molecule has 1 aromatic carbocycles. The normalized spacial score (nSPS) is 11.0. The minimum atomic E-state index is -0.117. The van der Waals surface area contributed by atoms with Crippen LogP contribution >= 0.6 is 0 Å². The van der Waals surface area contributed by atoms with Gasteiger partial charge >= 0.3 is 0 Å². The van der Waals surface area contributed by atoms with Crippen molar-refractivity contribution in [1.29, 1.82) is 0 Å². The summed E-state index contributed by atoms with van der Waals surface area (Å²) in [6, 6.07) is 7.50. The number of para-hydroxylation sites is 1. The smallest absolute Gasteiger partial charge is 0.238 e. The molecule has 0 radical (unpaired) electrons. The molecule has 1 heterocycles. The van der Waals surface area contributed by atoms with Crippen molar-refractivity contribution in [3.05, 3.63) is 30.1 Å². The molecule has 0 aliphatic carbocycles. The van der Waals surface area contributed by atoms with Gasteiger partial charge in [-0.1, -0.05) is 26.0 Å². The molecule has 1 amide bonds. The summed E-state index contributed by atoms with van der Waals surface area (Å²) >= 11 is 0. The highest BCUT2D eigenvalue weighted by Crippen LogP contribution is 2.25. The van der Waals surface area contributed by atoms with Gasteiger partial charge < -0.3 is 15.4 Å². The molecule has 0 saturated carbocycles. The molecule has 7 nitrogen and oxygen atoms in total. The van der Waals surface area contributed by atoms with Gasteiger partial charge in [-0.3, -0.25) is 9.89 Å². The third kappa shape index (κ3) is 4.87. The molecule has 7 heteroatoms. The lowest BCUT2D eigenvalue weighted by molar-refractivity contribution is -0.115. The number of hydrogen-bond acceptors (Lipinski definition) is 5. The van der Waals surface area contributed by atoms with Gasteiger partial charge in [0.25, 0.3) is 0 Å². The summed E-state index contributed by atoms with van der Waals surface area (Å²) in [5, 5.41) is 13.1. The van der Waals surface area contributed by atoms with E-state index in [1.165, 1.54) is 0 Å². The van der Waals surface area contributed by atoms with Crippen LogP contribution < -0.4 is 10.6 Å². The van der Waals surface area contributed by atoms with Gasteiger partial charge in [0.05, 0.1) is 18.8 Å². The number of nitrogens with zero attached hydrogens (tertiary/aromatic N) is 2. The maximum atomic E-state index is 12.0. The van der Waals surface area contributed by atoms with E-state index < -0.39 is 0 Å². The van der Waals surface area contributed by atoms with Gasteiger partial charge in [-0.05, 0) is 12.1 Å². The second-order valence-corrected chi connectivity index (χ2v) is 5.46. The summed E-state index contributed by atoms with van der Waals surface area (Å²) in [5.74, 6) is 1.55. The number of ether oxygens (including phenoxy) is 1. The lowest BCUT2D eigenvalue weighted by atomic mass is 10.1. The Morgan fingerprint density at radius 2 is 2.13 bits per heavy atom. The van der Waals surface area contributed by atoms with E-state index in [9.17, 15) is 4.79 Å². The first kappa shape index (κ1) is 17.1. The monoisotopic (exact) mass is 317 g/mol. The first-order chi connectivity index (χ1) is 11.1. The number of anilines is 1. The molecule has 124 valence electrons. The number of carbonyl (C=O) groups excluding carboxylic acids is 1. The molecular weight excluding hydrogens is 294 g/mol. The van der Waals surface area contributed by atoms with Crippen LogP contribution in [0.25, 0.3) is 11.4 Å². The Bertz CT molecular complexity index is 639. The molecule has 1 aromatic heterocycles. The third-order valence-electron chi connectivity index (χ3n) is 3.26. The molecule has 23 heavy (non-hydrogen) atoms. The Morgan fingerprint density at radius 3 is 2.83 bits per heavy atom. The number of methoxy groups -OCH3 is 1. The fourth-order valence-electron chi connectivity index (χ4n) is 2.01. The standard InChI is InChI=1S/C16H23N5O2/c1-11(2)15-19-16(21-20-15)12-6-4-5-7-13(12)18-14(22)10-17-8-9-23-3/h4-7,11,17H,8-10H2,1-3H3,(H,18,22)(H,19,20,21). The maximum Gasteiger partial charge on any atom is 0.238 e. The van der Waals surface area contributed by atoms with Crippen LogP contribution in [0.2, 0.25) is 0 Å². The average Bonchev–Trinajstić information content (AvgIpc) is 3.02. The van der Waals surface area contributed by atoms with Crippen LogP contribution in [0.15, 0.2) is 24.3 Å².